The van der Waals surface area contributed by atoms with Gasteiger partial charge in [0.15, 0.2) is 0 Å². The van der Waals surface area contributed by atoms with Gasteiger partial charge in [0.25, 0.3) is 0 Å². The molecule has 0 aliphatic heterocycles. The van der Waals surface area contributed by atoms with Crippen LogP contribution in [-0.2, 0) is 4.79 Å². The Kier molecular flexibility index (Phi) is 4.41. The van der Waals surface area contributed by atoms with E-state index in [2.05, 4.69) is 20.9 Å². The summed E-state index contributed by atoms with van der Waals surface area (Å²) in [5, 5.41) is 18.8. The molecule has 0 saturated carbocycles. The lowest BCUT2D eigenvalue weighted by Crippen LogP contribution is -2.35. The highest BCUT2D eigenvalue weighted by molar-refractivity contribution is 5.84. The fourth-order valence-electron chi connectivity index (χ4n) is 1.33. The molecule has 0 spiro atoms. The monoisotopic (exact) mass is 253 g/mol. The van der Waals surface area contributed by atoms with Crippen molar-refractivity contribution >= 4 is 23.2 Å². The molecule has 0 aliphatic rings. The third-order valence-corrected chi connectivity index (χ3v) is 2.32. The van der Waals surface area contributed by atoms with Crippen LogP contribution in [0.1, 0.15) is 6.92 Å². The molecule has 3 N–H and O–H groups in total. The summed E-state index contributed by atoms with van der Waals surface area (Å²) >= 11 is 0. The minimum Gasteiger partial charge on any atom is -0.373 e. The number of aromatic nitrogens is 1. The van der Waals surface area contributed by atoms with Crippen molar-refractivity contribution in [3.8, 4) is 0 Å². The zero-order chi connectivity index (χ0) is 13.7. The molecule has 0 fully saturated rings. The predicted molar refractivity (Wildman–Crippen MR) is 67.6 cm³/mol. The molecule has 98 valence electrons. The van der Waals surface area contributed by atoms with Crippen LogP contribution in [0.4, 0.5) is 17.3 Å². The number of anilines is 2. The first-order chi connectivity index (χ1) is 8.49. The van der Waals surface area contributed by atoms with Gasteiger partial charge in [0.05, 0.1) is 4.92 Å². The van der Waals surface area contributed by atoms with E-state index in [1.807, 2.05) is 0 Å². The molecule has 1 unspecified atom stereocenters. The summed E-state index contributed by atoms with van der Waals surface area (Å²) in [6.45, 7) is 1.59. The Morgan fingerprint density at radius 3 is 2.61 bits per heavy atom. The van der Waals surface area contributed by atoms with Crippen LogP contribution in [0.15, 0.2) is 12.1 Å². The van der Waals surface area contributed by atoms with Crippen molar-refractivity contribution in [2.75, 3.05) is 24.7 Å². The summed E-state index contributed by atoms with van der Waals surface area (Å²) in [4.78, 5) is 25.7. The van der Waals surface area contributed by atoms with Crippen LogP contribution in [0.5, 0.6) is 0 Å². The van der Waals surface area contributed by atoms with Crippen LogP contribution in [-0.4, -0.2) is 36.0 Å². The van der Waals surface area contributed by atoms with Gasteiger partial charge in [-0.05, 0) is 13.0 Å². The van der Waals surface area contributed by atoms with Crippen molar-refractivity contribution in [2.24, 2.45) is 0 Å². The van der Waals surface area contributed by atoms with Gasteiger partial charge in [-0.1, -0.05) is 0 Å². The minimum absolute atomic E-state index is 0.0583. The first-order valence-corrected chi connectivity index (χ1v) is 5.31. The maximum atomic E-state index is 11.4. The molecule has 8 nitrogen and oxygen atoms in total. The summed E-state index contributed by atoms with van der Waals surface area (Å²) in [5.41, 5.74) is -0.176. The summed E-state index contributed by atoms with van der Waals surface area (Å²) in [5.74, 6) is 0.260. The fraction of sp³-hybridized carbons (Fsp3) is 0.400. The zero-order valence-electron chi connectivity index (χ0n) is 10.4. The molecule has 0 aromatic carbocycles. The third-order valence-electron chi connectivity index (χ3n) is 2.32. The van der Waals surface area contributed by atoms with Gasteiger partial charge < -0.3 is 16.0 Å². The SMILES string of the molecule is CNC(=O)C(C)Nc1nc(NC)ccc1[N+](=O)[O-]. The molecular formula is C10H15N5O3. The molecular weight excluding hydrogens is 238 g/mol. The lowest BCUT2D eigenvalue weighted by atomic mass is 10.3. The van der Waals surface area contributed by atoms with Gasteiger partial charge in [0, 0.05) is 20.2 Å². The lowest BCUT2D eigenvalue weighted by Gasteiger charge is -2.13. The lowest BCUT2D eigenvalue weighted by molar-refractivity contribution is -0.384. The van der Waals surface area contributed by atoms with Crippen LogP contribution in [0.2, 0.25) is 0 Å². The maximum Gasteiger partial charge on any atom is 0.311 e. The molecule has 1 aromatic heterocycles. The number of hydrogen-bond acceptors (Lipinski definition) is 6. The second-order valence-corrected chi connectivity index (χ2v) is 3.55. The van der Waals surface area contributed by atoms with Crippen LogP contribution < -0.4 is 16.0 Å². The van der Waals surface area contributed by atoms with E-state index in [9.17, 15) is 14.9 Å². The zero-order valence-corrected chi connectivity index (χ0v) is 10.4. The van der Waals surface area contributed by atoms with Crippen molar-refractivity contribution in [1.82, 2.24) is 10.3 Å². The highest BCUT2D eigenvalue weighted by Gasteiger charge is 2.20. The molecule has 1 amide bonds. The number of amides is 1. The van der Waals surface area contributed by atoms with Crippen molar-refractivity contribution in [2.45, 2.75) is 13.0 Å². The standard InChI is InChI=1S/C10H15N5O3/c1-6(10(16)12-3)13-9-7(15(17)18)4-5-8(11-2)14-9/h4-6H,1-3H3,(H,12,16)(H2,11,13,14). The average Bonchev–Trinajstić information content (AvgIpc) is 2.37. The van der Waals surface area contributed by atoms with Gasteiger partial charge >= 0.3 is 5.69 Å². The molecule has 1 heterocycles. The van der Waals surface area contributed by atoms with Gasteiger partial charge in [0.1, 0.15) is 11.9 Å². The van der Waals surface area contributed by atoms with Crippen molar-refractivity contribution in [3.63, 3.8) is 0 Å². The molecule has 0 aliphatic carbocycles. The van der Waals surface area contributed by atoms with Gasteiger partial charge in [-0.25, -0.2) is 4.98 Å². The van der Waals surface area contributed by atoms with E-state index in [0.717, 1.165) is 0 Å². The first kappa shape index (κ1) is 13.7. The van der Waals surface area contributed by atoms with Crippen molar-refractivity contribution in [1.29, 1.82) is 0 Å². The quantitative estimate of drug-likeness (QED) is 0.523. The number of hydrogen-bond donors (Lipinski definition) is 3. The number of nitrogens with one attached hydrogen (secondary N) is 3. The Labute approximate surface area is 104 Å². The van der Waals surface area contributed by atoms with E-state index >= 15 is 0 Å². The van der Waals surface area contributed by atoms with Gasteiger partial charge in [-0.15, -0.1) is 0 Å². The summed E-state index contributed by atoms with van der Waals surface area (Å²) in [6, 6.07) is 2.21. The molecule has 0 radical (unpaired) electrons. The second-order valence-electron chi connectivity index (χ2n) is 3.55. The highest BCUT2D eigenvalue weighted by Crippen LogP contribution is 2.24. The number of carbonyl (C=O) groups is 1. The largest absolute Gasteiger partial charge is 0.373 e. The predicted octanol–water partition coefficient (Wildman–Crippen LogP) is 0.578. The van der Waals surface area contributed by atoms with E-state index in [1.165, 1.54) is 19.2 Å². The van der Waals surface area contributed by atoms with Crippen LogP contribution >= 0.6 is 0 Å². The average molecular weight is 253 g/mol. The van der Waals surface area contributed by atoms with E-state index in [0.29, 0.717) is 5.82 Å². The van der Waals surface area contributed by atoms with Gasteiger partial charge in [0.2, 0.25) is 11.7 Å². The number of nitro groups is 1. The molecule has 0 saturated heterocycles. The van der Waals surface area contributed by atoms with E-state index in [4.69, 9.17) is 0 Å². The number of nitrogens with zero attached hydrogens (tertiary/aromatic N) is 2. The normalized spacial score (nSPS) is 11.5. The summed E-state index contributed by atoms with van der Waals surface area (Å²) < 4.78 is 0. The Hall–Kier alpha value is -2.38. The minimum atomic E-state index is -0.617. The van der Waals surface area contributed by atoms with Gasteiger partial charge in [-0.2, -0.15) is 0 Å². The number of pyridine rings is 1. The maximum absolute atomic E-state index is 11.4. The topological polar surface area (TPSA) is 109 Å². The second kappa shape index (κ2) is 5.80. The molecule has 8 heteroatoms. The first-order valence-electron chi connectivity index (χ1n) is 5.31. The van der Waals surface area contributed by atoms with E-state index in [1.54, 1.807) is 14.0 Å². The molecule has 18 heavy (non-hydrogen) atoms. The number of rotatable bonds is 5. The fourth-order valence-corrected chi connectivity index (χ4v) is 1.33. The number of likely N-dealkylation sites (N-methyl/N-ethyl adjacent to an activating group) is 1. The molecule has 0 bridgehead atoms. The van der Waals surface area contributed by atoms with Crippen LogP contribution in [0.3, 0.4) is 0 Å². The highest BCUT2D eigenvalue weighted by atomic mass is 16.6. The Morgan fingerprint density at radius 1 is 1.44 bits per heavy atom. The van der Waals surface area contributed by atoms with Crippen molar-refractivity contribution in [3.05, 3.63) is 22.2 Å². The van der Waals surface area contributed by atoms with E-state index < -0.39 is 11.0 Å². The Bertz CT molecular complexity index is 463. The van der Waals surface area contributed by atoms with E-state index in [-0.39, 0.29) is 17.4 Å². The van der Waals surface area contributed by atoms with Crippen molar-refractivity contribution < 1.29 is 9.72 Å². The van der Waals surface area contributed by atoms with Gasteiger partial charge in [-0.3, -0.25) is 14.9 Å². The third kappa shape index (κ3) is 3.06. The smallest absolute Gasteiger partial charge is 0.311 e. The summed E-state index contributed by atoms with van der Waals surface area (Å²) in [6.07, 6.45) is 0. The Balaban J connectivity index is 3.04. The summed E-state index contributed by atoms with van der Waals surface area (Å²) in [7, 11) is 3.15. The van der Waals surface area contributed by atoms with Crippen LogP contribution in [0.25, 0.3) is 0 Å². The number of carbonyl (C=O) groups excluding carboxylic acids is 1. The molecule has 1 aromatic rings. The molecule has 1 atom stereocenters. The Morgan fingerprint density at radius 2 is 2.11 bits per heavy atom. The molecule has 1 rings (SSSR count). The van der Waals surface area contributed by atoms with Crippen LogP contribution in [0, 0.1) is 10.1 Å².